The van der Waals surface area contributed by atoms with Crippen LogP contribution in [0.5, 0.6) is 5.75 Å². The Morgan fingerprint density at radius 2 is 1.81 bits per heavy atom. The van der Waals surface area contributed by atoms with Crippen LogP contribution in [0, 0.1) is 0 Å². The summed E-state index contributed by atoms with van der Waals surface area (Å²) in [5.74, 6) is 1.39. The molecule has 0 radical (unpaired) electrons. The molecule has 1 N–H and O–H groups in total. The van der Waals surface area contributed by atoms with E-state index in [1.165, 1.54) is 0 Å². The molecule has 9 heteroatoms. The Hall–Kier alpha value is -2.71. The van der Waals surface area contributed by atoms with E-state index >= 15 is 0 Å². The zero-order valence-corrected chi connectivity index (χ0v) is 18.0. The number of hydrogen-bond donors (Lipinski definition) is 1. The molecule has 3 aromatic rings. The number of rotatable bonds is 5. The molecular weight excluding hydrogens is 416 g/mol. The Morgan fingerprint density at radius 1 is 1.00 bits per heavy atom. The van der Waals surface area contributed by atoms with E-state index in [9.17, 15) is 0 Å². The first kappa shape index (κ1) is 20.2. The van der Waals surface area contributed by atoms with Crippen LogP contribution in [0.1, 0.15) is 25.7 Å². The third-order valence-electron chi connectivity index (χ3n) is 5.82. The fraction of sp³-hybridized carbons (Fsp3) is 0.455. The van der Waals surface area contributed by atoms with Crippen LogP contribution in [0.2, 0.25) is 5.15 Å². The van der Waals surface area contributed by atoms with Gasteiger partial charge in [0.2, 0.25) is 5.95 Å². The van der Waals surface area contributed by atoms with Crippen LogP contribution >= 0.6 is 11.6 Å². The second-order valence-electron chi connectivity index (χ2n) is 7.91. The summed E-state index contributed by atoms with van der Waals surface area (Å²) in [5, 5.41) is 3.83. The van der Waals surface area contributed by atoms with Gasteiger partial charge in [-0.2, -0.15) is 0 Å². The van der Waals surface area contributed by atoms with Gasteiger partial charge in [-0.3, -0.25) is 4.98 Å². The fourth-order valence-electron chi connectivity index (χ4n) is 4.22. The van der Waals surface area contributed by atoms with Crippen molar-refractivity contribution < 1.29 is 9.47 Å². The Balaban J connectivity index is 1.28. The predicted molar refractivity (Wildman–Crippen MR) is 120 cm³/mol. The maximum absolute atomic E-state index is 6.48. The van der Waals surface area contributed by atoms with Crippen LogP contribution in [0.3, 0.4) is 0 Å². The van der Waals surface area contributed by atoms with E-state index in [-0.39, 0.29) is 6.10 Å². The van der Waals surface area contributed by atoms with Gasteiger partial charge in [-0.15, -0.1) is 0 Å². The molecule has 2 aromatic heterocycles. The number of nitrogens with one attached hydrogen (secondary N) is 1. The maximum atomic E-state index is 6.48. The molecule has 0 unspecified atom stereocenters. The zero-order valence-electron chi connectivity index (χ0n) is 17.2. The van der Waals surface area contributed by atoms with E-state index in [1.54, 1.807) is 24.7 Å². The first-order chi connectivity index (χ1) is 15.2. The molecule has 1 saturated heterocycles. The van der Waals surface area contributed by atoms with Crippen molar-refractivity contribution in [3.8, 4) is 5.75 Å². The quantitative estimate of drug-likeness (QED) is 0.601. The first-order valence-corrected chi connectivity index (χ1v) is 11.1. The molecule has 0 spiro atoms. The van der Waals surface area contributed by atoms with Gasteiger partial charge in [0, 0.05) is 49.5 Å². The van der Waals surface area contributed by atoms with Gasteiger partial charge in [-0.1, -0.05) is 11.6 Å². The number of nitrogens with zero attached hydrogens (tertiary/aromatic N) is 5. The van der Waals surface area contributed by atoms with Gasteiger partial charge in [0.05, 0.1) is 24.8 Å². The Morgan fingerprint density at radius 3 is 2.61 bits per heavy atom. The van der Waals surface area contributed by atoms with Gasteiger partial charge in [-0.05, 0) is 37.8 Å². The molecule has 1 aliphatic heterocycles. The standard InChI is InChI=1S/C22H25ClN6O2/c23-20-5-6-26-22(28-20)27-15-1-3-17(4-2-15)31-19-14-16(29-9-11-30-12-10-29)13-18-21(19)25-8-7-24-18/h5-8,13-15,17H,1-4,9-12H2,(H,26,27,28). The summed E-state index contributed by atoms with van der Waals surface area (Å²) in [6.45, 7) is 3.21. The molecule has 1 aromatic carbocycles. The fourth-order valence-corrected chi connectivity index (χ4v) is 4.35. The molecule has 0 amide bonds. The van der Waals surface area contributed by atoms with Crippen molar-refractivity contribution >= 4 is 34.3 Å². The number of anilines is 2. The number of benzene rings is 1. The van der Waals surface area contributed by atoms with E-state index < -0.39 is 0 Å². The van der Waals surface area contributed by atoms with Crippen LogP contribution in [0.25, 0.3) is 11.0 Å². The highest BCUT2D eigenvalue weighted by Gasteiger charge is 2.24. The second-order valence-corrected chi connectivity index (χ2v) is 8.29. The summed E-state index contributed by atoms with van der Waals surface area (Å²) in [6, 6.07) is 6.18. The molecular formula is C22H25ClN6O2. The zero-order chi connectivity index (χ0) is 21.0. The number of ether oxygens (including phenoxy) is 2. The lowest BCUT2D eigenvalue weighted by Crippen LogP contribution is -2.36. The number of aromatic nitrogens is 4. The van der Waals surface area contributed by atoms with Gasteiger partial charge in [0.25, 0.3) is 0 Å². The minimum atomic E-state index is 0.142. The summed E-state index contributed by atoms with van der Waals surface area (Å²) in [6.07, 6.45) is 9.10. The number of halogens is 1. The van der Waals surface area contributed by atoms with Crippen LogP contribution in [-0.4, -0.2) is 58.4 Å². The molecule has 5 rings (SSSR count). The number of fused-ring (bicyclic) bond motifs is 1. The van der Waals surface area contributed by atoms with Gasteiger partial charge in [-0.25, -0.2) is 15.0 Å². The molecule has 31 heavy (non-hydrogen) atoms. The SMILES string of the molecule is Clc1ccnc(NC2CCC(Oc3cc(N4CCOCC4)cc4nccnc34)CC2)n1. The third kappa shape index (κ3) is 4.80. The largest absolute Gasteiger partial charge is 0.488 e. The van der Waals surface area contributed by atoms with Crippen molar-refractivity contribution in [3.05, 3.63) is 41.9 Å². The summed E-state index contributed by atoms with van der Waals surface area (Å²) < 4.78 is 12.0. The van der Waals surface area contributed by atoms with Gasteiger partial charge in [0.1, 0.15) is 16.4 Å². The molecule has 2 aliphatic rings. The van der Waals surface area contributed by atoms with Crippen molar-refractivity contribution in [2.24, 2.45) is 0 Å². The third-order valence-corrected chi connectivity index (χ3v) is 6.03. The topological polar surface area (TPSA) is 85.3 Å². The molecule has 3 heterocycles. The Bertz CT molecular complexity index is 1040. The monoisotopic (exact) mass is 440 g/mol. The Labute approximate surface area is 186 Å². The summed E-state index contributed by atoms with van der Waals surface area (Å²) in [7, 11) is 0. The van der Waals surface area contributed by atoms with E-state index in [4.69, 9.17) is 21.1 Å². The second kappa shape index (κ2) is 9.20. The average Bonchev–Trinajstić information content (AvgIpc) is 2.81. The van der Waals surface area contributed by atoms with Gasteiger partial charge >= 0.3 is 0 Å². The summed E-state index contributed by atoms with van der Waals surface area (Å²) in [5.41, 5.74) is 2.78. The molecule has 162 valence electrons. The molecule has 2 fully saturated rings. The average molecular weight is 441 g/mol. The van der Waals surface area contributed by atoms with E-state index in [2.05, 4.69) is 42.3 Å². The van der Waals surface area contributed by atoms with Crippen molar-refractivity contribution in [2.45, 2.75) is 37.8 Å². The lowest BCUT2D eigenvalue weighted by atomic mass is 9.93. The number of hydrogen-bond acceptors (Lipinski definition) is 8. The number of morpholine rings is 1. The first-order valence-electron chi connectivity index (χ1n) is 10.7. The van der Waals surface area contributed by atoms with Crippen molar-refractivity contribution in [3.63, 3.8) is 0 Å². The lowest BCUT2D eigenvalue weighted by molar-refractivity contribution is 0.122. The van der Waals surface area contributed by atoms with Crippen LogP contribution in [0.15, 0.2) is 36.8 Å². The summed E-state index contributed by atoms with van der Waals surface area (Å²) >= 11 is 5.96. The predicted octanol–water partition coefficient (Wildman–Crippen LogP) is 3.71. The van der Waals surface area contributed by atoms with Crippen LogP contribution in [0.4, 0.5) is 11.6 Å². The highest BCUT2D eigenvalue weighted by atomic mass is 35.5. The smallest absolute Gasteiger partial charge is 0.224 e. The lowest BCUT2D eigenvalue weighted by Gasteiger charge is -2.31. The minimum Gasteiger partial charge on any atom is -0.488 e. The highest BCUT2D eigenvalue weighted by molar-refractivity contribution is 6.29. The van der Waals surface area contributed by atoms with E-state index in [1.807, 2.05) is 0 Å². The van der Waals surface area contributed by atoms with E-state index in [0.717, 1.165) is 74.5 Å². The van der Waals surface area contributed by atoms with Crippen LogP contribution in [-0.2, 0) is 4.74 Å². The maximum Gasteiger partial charge on any atom is 0.224 e. The molecule has 0 bridgehead atoms. The molecule has 1 aliphatic carbocycles. The highest BCUT2D eigenvalue weighted by Crippen LogP contribution is 2.33. The molecule has 0 atom stereocenters. The van der Waals surface area contributed by atoms with Crippen LogP contribution < -0.4 is 15.0 Å². The van der Waals surface area contributed by atoms with Crippen molar-refractivity contribution in [1.29, 1.82) is 0 Å². The molecule has 8 nitrogen and oxygen atoms in total. The summed E-state index contributed by atoms with van der Waals surface area (Å²) in [4.78, 5) is 19.8. The Kier molecular flexibility index (Phi) is 5.99. The molecule has 1 saturated carbocycles. The van der Waals surface area contributed by atoms with Crippen molar-refractivity contribution in [2.75, 3.05) is 36.5 Å². The van der Waals surface area contributed by atoms with E-state index in [0.29, 0.717) is 17.1 Å². The minimum absolute atomic E-state index is 0.142. The normalized spacial score (nSPS) is 21.8. The van der Waals surface area contributed by atoms with Gasteiger partial charge < -0.3 is 19.7 Å². The van der Waals surface area contributed by atoms with Gasteiger partial charge in [0.15, 0.2) is 0 Å². The van der Waals surface area contributed by atoms with Crippen molar-refractivity contribution in [1.82, 2.24) is 19.9 Å².